The van der Waals surface area contributed by atoms with Crippen LogP contribution in [0, 0.1) is 20.9 Å². The van der Waals surface area contributed by atoms with E-state index in [4.69, 9.17) is 4.74 Å². The lowest BCUT2D eigenvalue weighted by Crippen LogP contribution is -2.39. The zero-order valence-electron chi connectivity index (χ0n) is 15.4. The van der Waals surface area contributed by atoms with Gasteiger partial charge in [-0.25, -0.2) is 4.79 Å². The van der Waals surface area contributed by atoms with E-state index >= 15 is 0 Å². The van der Waals surface area contributed by atoms with Crippen LogP contribution in [0.1, 0.15) is 50.4 Å². The van der Waals surface area contributed by atoms with Crippen molar-refractivity contribution in [1.29, 1.82) is 0 Å². The maximum absolute atomic E-state index is 12.6. The highest BCUT2D eigenvalue weighted by molar-refractivity contribution is 5.91. The number of carbonyl (C=O) groups excluding carboxylic acids is 2. The van der Waals surface area contributed by atoms with Crippen LogP contribution in [0.25, 0.3) is 0 Å². The van der Waals surface area contributed by atoms with Crippen LogP contribution in [0.3, 0.4) is 0 Å². The number of hydrogen-bond donors (Lipinski definition) is 0. The number of ether oxygens (including phenoxy) is 1. The molecule has 0 spiro atoms. The van der Waals surface area contributed by atoms with Crippen LogP contribution >= 0.6 is 0 Å². The van der Waals surface area contributed by atoms with Gasteiger partial charge < -0.3 is 9.64 Å². The molecule has 1 amide bonds. The molecule has 1 saturated heterocycles. The minimum absolute atomic E-state index is 0.0992. The summed E-state index contributed by atoms with van der Waals surface area (Å²) in [6, 6.07) is 5.35. The average molecular weight is 360 g/mol. The highest BCUT2D eigenvalue weighted by atomic mass is 16.6. The lowest BCUT2D eigenvalue weighted by molar-refractivity contribution is -0.384. The topological polar surface area (TPSA) is 89.8 Å². The number of non-ortho nitro benzene ring substituents is 1. The van der Waals surface area contributed by atoms with Crippen molar-refractivity contribution in [2.45, 2.75) is 46.1 Å². The van der Waals surface area contributed by atoms with Gasteiger partial charge in [-0.2, -0.15) is 0 Å². The minimum Gasteiger partial charge on any atom is -0.452 e. The number of hydrogen-bond acceptors (Lipinski definition) is 5. The number of nitro benzene ring substituents is 1. The highest BCUT2D eigenvalue weighted by Gasteiger charge is 2.50. The SMILES string of the molecule is CC1(C)C[C@H]2C[C@](C)(CN2C(=O)COC(=O)c2ccc([N+](=O)[O-])cc2)C1. The van der Waals surface area contributed by atoms with E-state index in [1.54, 1.807) is 0 Å². The third-order valence-electron chi connectivity index (χ3n) is 5.38. The summed E-state index contributed by atoms with van der Waals surface area (Å²) in [5, 5.41) is 10.6. The second kappa shape index (κ2) is 6.37. The summed E-state index contributed by atoms with van der Waals surface area (Å²) in [6.07, 6.45) is 3.05. The van der Waals surface area contributed by atoms with Gasteiger partial charge in [-0.05, 0) is 42.2 Å². The molecule has 7 heteroatoms. The van der Waals surface area contributed by atoms with Crippen molar-refractivity contribution < 1.29 is 19.2 Å². The second-order valence-electron chi connectivity index (χ2n) is 8.62. The summed E-state index contributed by atoms with van der Waals surface area (Å²) < 4.78 is 5.14. The van der Waals surface area contributed by atoms with E-state index in [0.717, 1.165) is 19.3 Å². The van der Waals surface area contributed by atoms with Crippen LogP contribution in [-0.4, -0.2) is 40.9 Å². The summed E-state index contributed by atoms with van der Waals surface area (Å²) in [5.74, 6) is -0.825. The van der Waals surface area contributed by atoms with E-state index in [1.165, 1.54) is 24.3 Å². The van der Waals surface area contributed by atoms with Gasteiger partial charge in [0.1, 0.15) is 0 Å². The highest BCUT2D eigenvalue weighted by Crippen LogP contribution is 2.52. The van der Waals surface area contributed by atoms with Crippen LogP contribution in [0.5, 0.6) is 0 Å². The van der Waals surface area contributed by atoms with Crippen molar-refractivity contribution >= 4 is 17.6 Å². The van der Waals surface area contributed by atoms with E-state index in [2.05, 4.69) is 20.8 Å². The minimum atomic E-state index is -0.651. The number of nitrogens with zero attached hydrogens (tertiary/aromatic N) is 2. The smallest absolute Gasteiger partial charge is 0.338 e. The fourth-order valence-electron chi connectivity index (χ4n) is 4.76. The first-order valence-electron chi connectivity index (χ1n) is 8.80. The number of amides is 1. The van der Waals surface area contributed by atoms with Gasteiger partial charge in [0.25, 0.3) is 11.6 Å². The van der Waals surface area contributed by atoms with Gasteiger partial charge in [-0.15, -0.1) is 0 Å². The zero-order chi connectivity index (χ0) is 19.1. The van der Waals surface area contributed by atoms with Crippen LogP contribution in [-0.2, 0) is 9.53 Å². The summed E-state index contributed by atoms with van der Waals surface area (Å²) >= 11 is 0. The molecular weight excluding hydrogens is 336 g/mol. The van der Waals surface area contributed by atoms with Crippen molar-refractivity contribution in [3.8, 4) is 0 Å². The quantitative estimate of drug-likeness (QED) is 0.467. The van der Waals surface area contributed by atoms with Gasteiger partial charge in [-0.1, -0.05) is 20.8 Å². The number of esters is 1. The first-order chi connectivity index (χ1) is 12.1. The first-order valence-corrected chi connectivity index (χ1v) is 8.80. The number of nitro groups is 1. The maximum Gasteiger partial charge on any atom is 0.338 e. The molecule has 1 aliphatic carbocycles. The van der Waals surface area contributed by atoms with Crippen molar-refractivity contribution in [3.63, 3.8) is 0 Å². The molecule has 1 aromatic carbocycles. The monoisotopic (exact) mass is 360 g/mol. The van der Waals surface area contributed by atoms with E-state index in [9.17, 15) is 19.7 Å². The summed E-state index contributed by atoms with van der Waals surface area (Å²) in [6.45, 7) is 7.09. The van der Waals surface area contributed by atoms with Gasteiger partial charge in [-0.3, -0.25) is 14.9 Å². The molecule has 2 atom stereocenters. The largest absolute Gasteiger partial charge is 0.452 e. The van der Waals surface area contributed by atoms with Crippen LogP contribution in [0.15, 0.2) is 24.3 Å². The van der Waals surface area contributed by atoms with Crippen LogP contribution < -0.4 is 0 Å². The average Bonchev–Trinajstić information content (AvgIpc) is 2.81. The molecule has 3 rings (SSSR count). The Balaban J connectivity index is 1.59. The lowest BCUT2D eigenvalue weighted by Gasteiger charge is -2.39. The predicted molar refractivity (Wildman–Crippen MR) is 94.6 cm³/mol. The molecule has 2 bridgehead atoms. The molecule has 0 unspecified atom stereocenters. The Morgan fingerprint density at radius 1 is 1.23 bits per heavy atom. The van der Waals surface area contributed by atoms with Gasteiger partial charge in [0.15, 0.2) is 6.61 Å². The Hall–Kier alpha value is -2.44. The Labute approximate surface area is 152 Å². The van der Waals surface area contributed by atoms with Gasteiger partial charge in [0, 0.05) is 24.7 Å². The predicted octanol–water partition coefficient (Wildman–Crippen LogP) is 3.18. The van der Waals surface area contributed by atoms with Crippen LogP contribution in [0.4, 0.5) is 5.69 Å². The number of benzene rings is 1. The van der Waals surface area contributed by atoms with E-state index in [-0.39, 0.29) is 40.6 Å². The lowest BCUT2D eigenvalue weighted by atomic mass is 9.65. The standard InChI is InChI=1S/C19H24N2O5/c1-18(2)8-15-9-19(3,11-18)12-20(15)16(22)10-26-17(23)13-4-6-14(7-5-13)21(24)25/h4-7,15H,8-12H2,1-3H3/t15-,19-/m0/s1. The Morgan fingerprint density at radius 2 is 1.88 bits per heavy atom. The van der Waals surface area contributed by atoms with Crippen molar-refractivity contribution in [3.05, 3.63) is 39.9 Å². The number of fused-ring (bicyclic) bond motifs is 2. The van der Waals surface area contributed by atoms with Crippen molar-refractivity contribution in [2.24, 2.45) is 10.8 Å². The Bertz CT molecular complexity index is 743. The molecule has 26 heavy (non-hydrogen) atoms. The normalized spacial score (nSPS) is 26.4. The number of rotatable bonds is 4. The molecule has 1 aromatic rings. The fourth-order valence-corrected chi connectivity index (χ4v) is 4.76. The molecule has 0 aromatic heterocycles. The van der Waals surface area contributed by atoms with E-state index < -0.39 is 10.9 Å². The first kappa shape index (κ1) is 18.4. The van der Waals surface area contributed by atoms with Gasteiger partial charge in [0.05, 0.1) is 10.5 Å². The third-order valence-corrected chi connectivity index (χ3v) is 5.38. The van der Waals surface area contributed by atoms with Crippen LogP contribution in [0.2, 0.25) is 0 Å². The molecular formula is C19H24N2O5. The molecule has 2 fully saturated rings. The Kier molecular flexibility index (Phi) is 4.50. The van der Waals surface area contributed by atoms with E-state index in [1.807, 2.05) is 4.90 Å². The molecule has 7 nitrogen and oxygen atoms in total. The summed E-state index contributed by atoms with van der Waals surface area (Å²) in [7, 11) is 0. The molecule has 2 aliphatic rings. The van der Waals surface area contributed by atoms with Crippen molar-refractivity contribution in [1.82, 2.24) is 4.90 Å². The number of likely N-dealkylation sites (tertiary alicyclic amines) is 1. The fraction of sp³-hybridized carbons (Fsp3) is 0.579. The second-order valence-corrected chi connectivity index (χ2v) is 8.62. The molecule has 0 N–H and O–H groups in total. The molecule has 1 aliphatic heterocycles. The Morgan fingerprint density at radius 3 is 2.50 bits per heavy atom. The maximum atomic E-state index is 12.6. The summed E-state index contributed by atoms with van der Waals surface area (Å²) in [4.78, 5) is 36.6. The number of carbonyl (C=O) groups is 2. The molecule has 140 valence electrons. The molecule has 0 radical (unpaired) electrons. The molecule has 1 saturated carbocycles. The van der Waals surface area contributed by atoms with Gasteiger partial charge >= 0.3 is 5.97 Å². The van der Waals surface area contributed by atoms with Crippen molar-refractivity contribution in [2.75, 3.05) is 13.2 Å². The van der Waals surface area contributed by atoms with Gasteiger partial charge in [0.2, 0.25) is 0 Å². The third kappa shape index (κ3) is 3.71. The zero-order valence-corrected chi connectivity index (χ0v) is 15.4. The molecule has 1 heterocycles. The van der Waals surface area contributed by atoms with E-state index in [0.29, 0.717) is 6.54 Å². The summed E-state index contributed by atoms with van der Waals surface area (Å²) in [5.41, 5.74) is 0.432.